The number of para-hydroxylation sites is 4. The van der Waals surface area contributed by atoms with Gasteiger partial charge in [-0.15, -0.1) is 0 Å². The van der Waals surface area contributed by atoms with Crippen molar-refractivity contribution in [3.8, 4) is 61.8 Å². The van der Waals surface area contributed by atoms with Crippen LogP contribution in [0.3, 0.4) is 0 Å². The lowest BCUT2D eigenvalue weighted by molar-refractivity contribution is 0.483. The molecule has 0 amide bonds. The number of aromatic nitrogens is 2. The Balaban J connectivity index is 0.843. The average Bonchev–Trinajstić information content (AvgIpc) is 1.50. The van der Waals surface area contributed by atoms with E-state index in [2.05, 4.69) is 191 Å². The highest BCUT2D eigenvalue weighted by molar-refractivity contribution is 6.09. The Morgan fingerprint density at radius 1 is 0.472 bits per heavy atom. The van der Waals surface area contributed by atoms with Gasteiger partial charge in [-0.25, -0.2) is 4.98 Å². The number of anilines is 4. The first kappa shape index (κ1) is 45.1. The van der Waals surface area contributed by atoms with Gasteiger partial charge in [-0.1, -0.05) is 229 Å². The molecule has 0 radical (unpaired) electrons. The van der Waals surface area contributed by atoms with E-state index in [1.165, 1.54) is 80.0 Å². The van der Waals surface area contributed by atoms with Crippen molar-refractivity contribution in [2.24, 2.45) is 0 Å². The first-order valence-corrected chi connectivity index (χ1v) is 30.6. The van der Waals surface area contributed by atoms with Crippen LogP contribution in [0.1, 0.15) is 110 Å². The first-order valence-electron chi connectivity index (χ1n) is 35.1. The zero-order chi connectivity index (χ0) is 68.1. The molecule has 0 bridgehead atoms. The van der Waals surface area contributed by atoms with Crippen molar-refractivity contribution in [3.05, 3.63) is 310 Å². The fourth-order valence-corrected chi connectivity index (χ4v) is 14.4. The molecular weight excluding hydrogens is 1080 g/mol. The monoisotopic (exact) mass is 1160 g/mol. The second kappa shape index (κ2) is 20.4. The first-order chi connectivity index (χ1) is 46.9. The number of pyridine rings is 1. The van der Waals surface area contributed by atoms with Gasteiger partial charge in [0.1, 0.15) is 24.0 Å². The molecule has 2 aromatic heterocycles. The molecule has 0 saturated heterocycles. The van der Waals surface area contributed by atoms with Crippen LogP contribution in [0.5, 0.6) is 11.5 Å². The van der Waals surface area contributed by atoms with Gasteiger partial charge in [0, 0.05) is 59.7 Å². The SMILES string of the molecule is [2H]c1c(Oc2ccc3c4ccccc4n(-c4cc(C([2H])([2H])[2H])c(-c5cccc(C([2H])([2H])[2H])c5)cn4)c3c2)cc(N2CN(c3c(-c4cc(C(C)(C)C)cc(C(C)(C)C)c4)cccc3-c3ccc4c(c3)C3(c5ccccc5Cc5ccccc53)c3ccccc3-4)c3ccccc32)c([2H])c1[2H]. The van der Waals surface area contributed by atoms with Crippen LogP contribution < -0.4 is 14.5 Å². The lowest BCUT2D eigenvalue weighted by atomic mass is 9.61. The summed E-state index contributed by atoms with van der Waals surface area (Å²) in [6.45, 7) is 8.85. The second-order valence-electron chi connectivity index (χ2n) is 26.1. The molecule has 1 spiro atoms. The van der Waals surface area contributed by atoms with Crippen molar-refractivity contribution in [2.45, 2.75) is 77.9 Å². The van der Waals surface area contributed by atoms with Gasteiger partial charge in [0.25, 0.3) is 0 Å². The molecule has 3 heterocycles. The van der Waals surface area contributed by atoms with Crippen LogP contribution in [-0.2, 0) is 22.7 Å². The maximum atomic E-state index is 9.79. The predicted molar refractivity (Wildman–Crippen MR) is 370 cm³/mol. The molecule has 0 N–H and O–H groups in total. The molecular formula is C84H70N4O. The third kappa shape index (κ3) is 8.76. The van der Waals surface area contributed by atoms with Gasteiger partial charge >= 0.3 is 0 Å². The topological polar surface area (TPSA) is 33.5 Å². The van der Waals surface area contributed by atoms with E-state index in [1.54, 1.807) is 18.2 Å². The van der Waals surface area contributed by atoms with E-state index in [0.717, 1.165) is 62.0 Å². The highest BCUT2D eigenvalue weighted by Crippen LogP contribution is 2.61. The van der Waals surface area contributed by atoms with Gasteiger partial charge in [-0.3, -0.25) is 4.57 Å². The minimum atomic E-state index is -2.61. The molecule has 0 unspecified atom stereocenters. The zero-order valence-corrected chi connectivity index (χ0v) is 50.6. The Kier molecular flexibility index (Phi) is 10.4. The third-order valence-electron chi connectivity index (χ3n) is 18.7. The van der Waals surface area contributed by atoms with Crippen LogP contribution in [0.25, 0.3) is 72.1 Å². The minimum Gasteiger partial charge on any atom is -0.457 e. The minimum absolute atomic E-state index is 0.000315. The molecule has 2 aliphatic carbocycles. The average molecular weight is 1160 g/mol. The number of hydrogen-bond acceptors (Lipinski definition) is 4. The highest BCUT2D eigenvalue weighted by Gasteiger charge is 2.50. The summed E-state index contributed by atoms with van der Waals surface area (Å²) in [6, 6.07) is 78.1. The van der Waals surface area contributed by atoms with E-state index in [4.69, 9.17) is 17.9 Å². The third-order valence-corrected chi connectivity index (χ3v) is 18.7. The zero-order valence-electron chi connectivity index (χ0n) is 59.6. The van der Waals surface area contributed by atoms with E-state index in [-0.39, 0.29) is 58.1 Å². The Labute approximate surface area is 535 Å². The van der Waals surface area contributed by atoms with Crippen LogP contribution in [0, 0.1) is 13.7 Å². The fraction of sp³-hybridized carbons (Fsp3) is 0.155. The van der Waals surface area contributed by atoms with Gasteiger partial charge in [-0.2, -0.15) is 0 Å². The molecule has 13 aromatic rings. The van der Waals surface area contributed by atoms with E-state index >= 15 is 0 Å². The smallest absolute Gasteiger partial charge is 0.137 e. The van der Waals surface area contributed by atoms with Crippen molar-refractivity contribution < 1.29 is 17.1 Å². The van der Waals surface area contributed by atoms with Gasteiger partial charge in [0.2, 0.25) is 0 Å². The summed E-state index contributed by atoms with van der Waals surface area (Å²) in [5.41, 5.74) is 21.1. The molecule has 16 rings (SSSR count). The standard InChI is InChI=1S/C84H70N4O/c1-53-22-19-25-55(42-53)71-51-85-80(43-54(71)2)88-76-35-16-12-29-69(76)70-41-39-64(50-79(70)88)89-63-27-20-26-62(49-63)86-52-87(78-37-18-17-36-77(78)86)81-65(30-21-31-66(81)59-45-60(82(3,4)5)48-61(46-59)83(6,7)8)56-38-40-68-67-28-11-15-34-74(67)84(75(68)47-56)72-32-13-9-23-57(72)44-58-24-10-14-33-73(58)84/h9-43,45-51H,44,52H2,1-8H3/i1D3,2D3,20D,26D,27D. The summed E-state index contributed by atoms with van der Waals surface area (Å²) in [5.74, 6) is 0.718. The summed E-state index contributed by atoms with van der Waals surface area (Å²) < 4.78 is 87.9. The van der Waals surface area contributed by atoms with E-state index < -0.39 is 19.1 Å². The van der Waals surface area contributed by atoms with E-state index in [1.807, 2.05) is 59.2 Å². The molecule has 0 fully saturated rings. The number of fused-ring (bicyclic) bond motifs is 13. The Bertz CT molecular complexity index is 5380. The van der Waals surface area contributed by atoms with Crippen LogP contribution in [0.15, 0.2) is 255 Å². The fourth-order valence-electron chi connectivity index (χ4n) is 14.4. The maximum absolute atomic E-state index is 9.79. The number of nitrogens with zero attached hydrogens (tertiary/aromatic N) is 4. The van der Waals surface area contributed by atoms with Crippen LogP contribution in [0.4, 0.5) is 22.7 Å². The molecule has 11 aromatic carbocycles. The maximum Gasteiger partial charge on any atom is 0.137 e. The van der Waals surface area contributed by atoms with Crippen molar-refractivity contribution in [1.29, 1.82) is 0 Å². The Morgan fingerprint density at radius 2 is 1.11 bits per heavy atom. The molecule has 0 atom stereocenters. The highest BCUT2D eigenvalue weighted by atomic mass is 16.5. The lowest BCUT2D eigenvalue weighted by Gasteiger charge is -2.40. The summed E-state index contributed by atoms with van der Waals surface area (Å²) in [6.07, 6.45) is 2.34. The normalized spacial score (nSPS) is 15.6. The summed E-state index contributed by atoms with van der Waals surface area (Å²) in [5, 5.41) is 1.71. The van der Waals surface area contributed by atoms with Gasteiger partial charge in [-0.05, 0) is 163 Å². The summed E-state index contributed by atoms with van der Waals surface area (Å²) in [4.78, 5) is 9.32. The van der Waals surface area contributed by atoms with Crippen molar-refractivity contribution in [1.82, 2.24) is 9.55 Å². The lowest BCUT2D eigenvalue weighted by Crippen LogP contribution is -2.34. The van der Waals surface area contributed by atoms with Crippen molar-refractivity contribution >= 4 is 44.6 Å². The number of aryl methyl sites for hydroxylation is 2. The molecule has 89 heavy (non-hydrogen) atoms. The second-order valence-corrected chi connectivity index (χ2v) is 26.1. The number of ether oxygens (including phenoxy) is 1. The molecule has 3 aliphatic rings. The van der Waals surface area contributed by atoms with Gasteiger partial charge in [0.05, 0.1) is 37.6 Å². The summed E-state index contributed by atoms with van der Waals surface area (Å²) in [7, 11) is 0. The van der Waals surface area contributed by atoms with E-state index in [0.29, 0.717) is 28.3 Å². The number of hydrogen-bond donors (Lipinski definition) is 0. The largest absolute Gasteiger partial charge is 0.457 e. The molecule has 5 nitrogen and oxygen atoms in total. The molecule has 5 heteroatoms. The van der Waals surface area contributed by atoms with Gasteiger partial charge in [0.15, 0.2) is 0 Å². The van der Waals surface area contributed by atoms with Crippen LogP contribution >= 0.6 is 0 Å². The van der Waals surface area contributed by atoms with Crippen molar-refractivity contribution in [2.75, 3.05) is 16.5 Å². The quantitative estimate of drug-likeness (QED) is 0.152. The number of benzene rings is 11. The van der Waals surface area contributed by atoms with E-state index in [9.17, 15) is 4.11 Å². The van der Waals surface area contributed by atoms with Gasteiger partial charge < -0.3 is 14.5 Å². The van der Waals surface area contributed by atoms with Crippen LogP contribution in [-0.4, -0.2) is 16.2 Å². The molecule has 0 saturated carbocycles. The summed E-state index contributed by atoms with van der Waals surface area (Å²) >= 11 is 0. The van der Waals surface area contributed by atoms with Crippen LogP contribution in [0.2, 0.25) is 0 Å². The molecule has 432 valence electrons. The number of rotatable bonds is 8. The Morgan fingerprint density at radius 3 is 1.87 bits per heavy atom. The predicted octanol–water partition coefficient (Wildman–Crippen LogP) is 21.7. The molecule has 1 aliphatic heterocycles. The van der Waals surface area contributed by atoms with Crippen molar-refractivity contribution in [3.63, 3.8) is 0 Å². The Hall–Kier alpha value is -10.2.